The van der Waals surface area contributed by atoms with Crippen molar-refractivity contribution in [2.45, 2.75) is 45.7 Å². The molecule has 1 saturated carbocycles. The molecule has 172 valence electrons. The number of carbonyl (C=O) groups excluding carboxylic acids is 2. The zero-order valence-corrected chi connectivity index (χ0v) is 19.5. The highest BCUT2D eigenvalue weighted by atomic mass is 35.5. The molecule has 3 aliphatic rings. The van der Waals surface area contributed by atoms with Gasteiger partial charge in [-0.1, -0.05) is 30.7 Å². The third-order valence-corrected chi connectivity index (χ3v) is 8.25. The molecule has 0 amide bonds. The molecular weight excluding hydrogens is 446 g/mol. The minimum Gasteiger partial charge on any atom is -0.508 e. The van der Waals surface area contributed by atoms with E-state index in [1.54, 1.807) is 26.8 Å². The molecule has 2 aromatic rings. The molecule has 33 heavy (non-hydrogen) atoms. The molecular formula is C24H24ClN3O5. The Morgan fingerprint density at radius 3 is 2.45 bits per heavy atom. The van der Waals surface area contributed by atoms with E-state index in [2.05, 4.69) is 0 Å². The summed E-state index contributed by atoms with van der Waals surface area (Å²) in [5.41, 5.74) is 0.230. The minimum atomic E-state index is -1.12. The van der Waals surface area contributed by atoms with E-state index in [0.717, 1.165) is 10.1 Å². The minimum absolute atomic E-state index is 0.0125. The summed E-state index contributed by atoms with van der Waals surface area (Å²) in [6, 6.07) is 4.01. The first-order valence-electron chi connectivity index (χ1n) is 10.8. The molecule has 4 atom stereocenters. The second kappa shape index (κ2) is 6.93. The van der Waals surface area contributed by atoms with Crippen molar-refractivity contribution < 1.29 is 14.7 Å². The van der Waals surface area contributed by atoms with Crippen LogP contribution in [0.25, 0.3) is 0 Å². The SMILES string of the molecule is CC1=C(C)C(=O)[C@@]2(C)[C@@H](c3ccc(O)cc3Cl)C3=CCn4c(=O)n(C)c(=O)n4[C@@H]3C[C@H]2C1=O. The van der Waals surface area contributed by atoms with Gasteiger partial charge in [0.05, 0.1) is 18.0 Å². The fraction of sp³-hybridized carbons (Fsp3) is 0.417. The van der Waals surface area contributed by atoms with Crippen LogP contribution in [-0.4, -0.2) is 30.6 Å². The zero-order chi connectivity index (χ0) is 24.0. The van der Waals surface area contributed by atoms with Crippen molar-refractivity contribution >= 4 is 23.2 Å². The number of Topliss-reactive ketones (excluding diaryl/α,β-unsaturated/α-hetero) is 2. The molecule has 0 bridgehead atoms. The Morgan fingerprint density at radius 2 is 1.79 bits per heavy atom. The fourth-order valence-corrected chi connectivity index (χ4v) is 6.33. The molecule has 0 unspecified atom stereocenters. The highest BCUT2D eigenvalue weighted by Crippen LogP contribution is 2.61. The first-order chi connectivity index (χ1) is 15.5. The molecule has 2 heterocycles. The molecule has 1 N–H and O–H groups in total. The molecule has 8 nitrogen and oxygen atoms in total. The van der Waals surface area contributed by atoms with Crippen LogP contribution in [0.15, 0.2) is 50.6 Å². The van der Waals surface area contributed by atoms with Gasteiger partial charge < -0.3 is 5.11 Å². The molecule has 1 aromatic carbocycles. The average Bonchev–Trinajstić information content (AvgIpc) is 3.00. The predicted octanol–water partition coefficient (Wildman–Crippen LogP) is 2.49. The standard InChI is InChI=1S/C24H24ClN3O5/c1-11-12(2)21(31)24(3)16(20(11)30)10-18-15(19(24)14-6-5-13(29)9-17(14)25)7-8-27-22(32)26(4)23(33)28(18)27/h5-7,9,16,18-19,29H,8,10H2,1-4H3/t16-,18+,19-,24+/m0/s1. The molecule has 1 aliphatic heterocycles. The van der Waals surface area contributed by atoms with Gasteiger partial charge in [-0.15, -0.1) is 0 Å². The fourth-order valence-electron chi connectivity index (χ4n) is 6.04. The second-order valence-corrected chi connectivity index (χ2v) is 9.83. The molecule has 0 saturated heterocycles. The molecule has 1 fully saturated rings. The van der Waals surface area contributed by atoms with Crippen molar-refractivity contribution in [3.8, 4) is 5.75 Å². The largest absolute Gasteiger partial charge is 0.508 e. The van der Waals surface area contributed by atoms with Crippen LogP contribution in [0.1, 0.15) is 44.7 Å². The highest BCUT2D eigenvalue weighted by molar-refractivity contribution is 6.31. The maximum atomic E-state index is 13.8. The number of hydrogen-bond donors (Lipinski definition) is 1. The van der Waals surface area contributed by atoms with Gasteiger partial charge in [-0.25, -0.2) is 23.5 Å². The van der Waals surface area contributed by atoms with Crippen molar-refractivity contribution in [3.63, 3.8) is 0 Å². The molecule has 5 rings (SSSR count). The van der Waals surface area contributed by atoms with Crippen molar-refractivity contribution in [1.82, 2.24) is 13.9 Å². The third kappa shape index (κ3) is 2.64. The van der Waals surface area contributed by atoms with E-state index in [1.807, 2.05) is 6.08 Å². The van der Waals surface area contributed by atoms with E-state index in [1.165, 1.54) is 28.5 Å². The van der Waals surface area contributed by atoms with Crippen molar-refractivity contribution in [1.29, 1.82) is 0 Å². The zero-order valence-electron chi connectivity index (χ0n) is 18.8. The van der Waals surface area contributed by atoms with Crippen LogP contribution in [0, 0.1) is 11.3 Å². The second-order valence-electron chi connectivity index (χ2n) is 9.42. The summed E-state index contributed by atoms with van der Waals surface area (Å²) in [6.45, 7) is 5.31. The number of phenols is 1. The first kappa shape index (κ1) is 21.7. The normalized spacial score (nSPS) is 28.9. The van der Waals surface area contributed by atoms with Gasteiger partial charge in [0.2, 0.25) is 0 Å². The maximum Gasteiger partial charge on any atom is 0.347 e. The number of carbonyl (C=O) groups is 2. The summed E-state index contributed by atoms with van der Waals surface area (Å²) in [7, 11) is 1.43. The number of aromatic hydroxyl groups is 1. The Labute approximate surface area is 194 Å². The lowest BCUT2D eigenvalue weighted by Crippen LogP contribution is -2.55. The Hall–Kier alpha value is -3.13. The van der Waals surface area contributed by atoms with Crippen LogP contribution >= 0.6 is 11.6 Å². The third-order valence-electron chi connectivity index (χ3n) is 7.92. The molecule has 0 radical (unpaired) electrons. The summed E-state index contributed by atoms with van der Waals surface area (Å²) in [5, 5.41) is 10.2. The summed E-state index contributed by atoms with van der Waals surface area (Å²) in [6.07, 6.45) is 2.10. The maximum absolute atomic E-state index is 13.8. The Balaban J connectivity index is 1.83. The quantitative estimate of drug-likeness (QED) is 0.646. The number of aromatic nitrogens is 3. The summed E-state index contributed by atoms with van der Waals surface area (Å²) in [4.78, 5) is 52.9. The number of nitrogens with zero attached hydrogens (tertiary/aromatic N) is 3. The lowest BCUT2D eigenvalue weighted by Gasteiger charge is -2.53. The van der Waals surface area contributed by atoms with Gasteiger partial charge in [0.15, 0.2) is 11.6 Å². The Bertz CT molecular complexity index is 1440. The first-order valence-corrected chi connectivity index (χ1v) is 11.2. The lowest BCUT2D eigenvalue weighted by molar-refractivity contribution is -0.140. The van der Waals surface area contributed by atoms with Crippen molar-refractivity contribution in [2.75, 3.05) is 0 Å². The van der Waals surface area contributed by atoms with E-state index in [-0.39, 0.29) is 35.3 Å². The van der Waals surface area contributed by atoms with Gasteiger partial charge in [0, 0.05) is 23.9 Å². The van der Waals surface area contributed by atoms with E-state index < -0.39 is 34.7 Å². The molecule has 0 spiro atoms. The van der Waals surface area contributed by atoms with Crippen LogP contribution in [0.5, 0.6) is 5.75 Å². The number of benzene rings is 1. The van der Waals surface area contributed by atoms with Gasteiger partial charge >= 0.3 is 11.4 Å². The van der Waals surface area contributed by atoms with Crippen molar-refractivity contribution in [3.05, 3.63) is 72.5 Å². The van der Waals surface area contributed by atoms with Gasteiger partial charge in [0.25, 0.3) is 0 Å². The summed E-state index contributed by atoms with van der Waals surface area (Å²) < 4.78 is 3.84. The number of fused-ring (bicyclic) bond motifs is 4. The van der Waals surface area contributed by atoms with Crippen LogP contribution in [0.3, 0.4) is 0 Å². The average molecular weight is 470 g/mol. The van der Waals surface area contributed by atoms with Crippen LogP contribution in [-0.2, 0) is 23.2 Å². The number of hydrogen-bond acceptors (Lipinski definition) is 5. The summed E-state index contributed by atoms with van der Waals surface area (Å²) >= 11 is 6.57. The van der Waals surface area contributed by atoms with Crippen LogP contribution in [0.2, 0.25) is 5.02 Å². The van der Waals surface area contributed by atoms with Gasteiger partial charge in [-0.3, -0.25) is 9.59 Å². The van der Waals surface area contributed by atoms with E-state index in [4.69, 9.17) is 11.6 Å². The summed E-state index contributed by atoms with van der Waals surface area (Å²) in [5.74, 6) is -1.57. The molecule has 2 aliphatic carbocycles. The van der Waals surface area contributed by atoms with Crippen LogP contribution in [0.4, 0.5) is 0 Å². The Kier molecular flexibility index (Phi) is 4.56. The van der Waals surface area contributed by atoms with Gasteiger partial charge in [0.1, 0.15) is 5.75 Å². The lowest BCUT2D eigenvalue weighted by atomic mass is 9.50. The Morgan fingerprint density at radius 1 is 1.09 bits per heavy atom. The number of ketones is 2. The van der Waals surface area contributed by atoms with E-state index in [9.17, 15) is 24.3 Å². The van der Waals surface area contributed by atoms with Crippen LogP contribution < -0.4 is 11.4 Å². The number of allylic oxidation sites excluding steroid dienone is 4. The topological polar surface area (TPSA) is 103 Å². The molecule has 1 aromatic heterocycles. The van der Waals surface area contributed by atoms with Gasteiger partial charge in [-0.05, 0) is 54.7 Å². The van der Waals surface area contributed by atoms with Crippen molar-refractivity contribution in [2.24, 2.45) is 18.4 Å². The number of halogens is 1. The molecule has 9 heteroatoms. The number of phenolic OH excluding ortho intramolecular Hbond substituents is 1. The van der Waals surface area contributed by atoms with Gasteiger partial charge in [-0.2, -0.15) is 0 Å². The monoisotopic (exact) mass is 469 g/mol. The van der Waals surface area contributed by atoms with E-state index >= 15 is 0 Å². The number of rotatable bonds is 1. The highest BCUT2D eigenvalue weighted by Gasteiger charge is 2.60. The smallest absolute Gasteiger partial charge is 0.347 e. The van der Waals surface area contributed by atoms with E-state index in [0.29, 0.717) is 16.7 Å². The predicted molar refractivity (Wildman–Crippen MR) is 122 cm³/mol.